The molecule has 2 aliphatic rings. The van der Waals surface area contributed by atoms with Crippen LogP contribution in [0.4, 0.5) is 0 Å². The lowest BCUT2D eigenvalue weighted by Crippen LogP contribution is -2.44. The van der Waals surface area contributed by atoms with Crippen LogP contribution >= 0.6 is 11.6 Å². The number of pyridine rings is 1. The Bertz CT molecular complexity index is 769. The Morgan fingerprint density at radius 3 is 2.91 bits per heavy atom. The third-order valence-electron chi connectivity index (χ3n) is 4.25. The van der Waals surface area contributed by atoms with Crippen molar-refractivity contribution in [2.45, 2.75) is 24.4 Å². The topological polar surface area (TPSA) is 80.7 Å². The van der Waals surface area contributed by atoms with Crippen molar-refractivity contribution in [1.82, 2.24) is 10.3 Å². The van der Waals surface area contributed by atoms with Crippen LogP contribution in [-0.2, 0) is 9.47 Å². The number of carbonyl (C=O) groups is 1. The number of ether oxygens (including phenoxy) is 2. The van der Waals surface area contributed by atoms with E-state index in [2.05, 4.69) is 10.3 Å². The number of hydrogen-bond acceptors (Lipinski definition) is 5. The van der Waals surface area contributed by atoms with Crippen molar-refractivity contribution in [2.75, 3.05) is 13.2 Å². The molecule has 2 aliphatic heterocycles. The lowest BCUT2D eigenvalue weighted by atomic mass is 10.1. The summed E-state index contributed by atoms with van der Waals surface area (Å²) >= 11 is 6.13. The molecule has 2 N–H and O–H groups in total. The van der Waals surface area contributed by atoms with Crippen LogP contribution in [0.1, 0.15) is 10.5 Å². The molecule has 23 heavy (non-hydrogen) atoms. The van der Waals surface area contributed by atoms with Crippen molar-refractivity contribution in [3.05, 3.63) is 41.0 Å². The van der Waals surface area contributed by atoms with E-state index in [0.29, 0.717) is 17.1 Å². The Morgan fingerprint density at radius 1 is 1.22 bits per heavy atom. The van der Waals surface area contributed by atoms with Crippen LogP contribution in [-0.4, -0.2) is 53.6 Å². The Balaban J connectivity index is 1.54. The second kappa shape index (κ2) is 5.72. The molecule has 2 saturated heterocycles. The number of benzene rings is 1. The van der Waals surface area contributed by atoms with Crippen LogP contribution in [0.15, 0.2) is 30.3 Å². The maximum Gasteiger partial charge on any atom is 0.270 e. The smallest absolute Gasteiger partial charge is 0.270 e. The molecule has 1 aromatic heterocycles. The molecule has 1 aromatic carbocycles. The van der Waals surface area contributed by atoms with E-state index in [9.17, 15) is 9.90 Å². The van der Waals surface area contributed by atoms with Crippen LogP contribution in [0.25, 0.3) is 10.9 Å². The number of halogens is 1. The monoisotopic (exact) mass is 334 g/mol. The molecular weight excluding hydrogens is 320 g/mol. The molecule has 0 unspecified atom stereocenters. The summed E-state index contributed by atoms with van der Waals surface area (Å²) in [6.45, 7) is 0.540. The number of nitrogens with zero attached hydrogens (tertiary/aromatic N) is 1. The summed E-state index contributed by atoms with van der Waals surface area (Å²) in [5.74, 6) is -0.314. The van der Waals surface area contributed by atoms with E-state index >= 15 is 0 Å². The van der Waals surface area contributed by atoms with Gasteiger partial charge < -0.3 is 19.9 Å². The Labute approximate surface area is 137 Å². The average molecular weight is 335 g/mol. The Morgan fingerprint density at radius 2 is 2.04 bits per heavy atom. The molecule has 3 heterocycles. The molecular formula is C16H15ClN2O4. The lowest BCUT2D eigenvalue weighted by Gasteiger charge is -2.17. The highest BCUT2D eigenvalue weighted by Gasteiger charge is 2.47. The Kier molecular flexibility index (Phi) is 3.69. The fraction of sp³-hybridized carbons (Fsp3) is 0.375. The standard InChI is InChI=1S/C16H15ClN2O4/c17-9-3-1-2-8-4-5-10(18-13(8)9)16(21)19-11-6-22-15-12(20)7-23-14(11)15/h1-5,11-12,14-15,20H,6-7H2,(H,19,21)/t11-,12-,14-,15-/m1/s1. The third-order valence-corrected chi connectivity index (χ3v) is 4.55. The van der Waals surface area contributed by atoms with E-state index in [0.717, 1.165) is 5.39 Å². The van der Waals surface area contributed by atoms with Crippen LogP contribution < -0.4 is 5.32 Å². The van der Waals surface area contributed by atoms with Gasteiger partial charge in [0.1, 0.15) is 24.0 Å². The molecule has 2 aromatic rings. The van der Waals surface area contributed by atoms with E-state index in [4.69, 9.17) is 21.1 Å². The molecule has 120 valence electrons. The molecule has 0 aliphatic carbocycles. The first-order valence-corrected chi connectivity index (χ1v) is 7.79. The first-order valence-electron chi connectivity index (χ1n) is 7.41. The fourth-order valence-electron chi connectivity index (χ4n) is 3.08. The highest BCUT2D eigenvalue weighted by atomic mass is 35.5. The van der Waals surface area contributed by atoms with Crippen LogP contribution in [0.5, 0.6) is 0 Å². The molecule has 0 bridgehead atoms. The van der Waals surface area contributed by atoms with Gasteiger partial charge in [-0.25, -0.2) is 4.98 Å². The molecule has 6 nitrogen and oxygen atoms in total. The molecule has 7 heteroatoms. The van der Waals surface area contributed by atoms with Gasteiger partial charge in [0.2, 0.25) is 0 Å². The summed E-state index contributed by atoms with van der Waals surface area (Å²) in [5.41, 5.74) is 0.877. The van der Waals surface area contributed by atoms with Crippen molar-refractivity contribution in [2.24, 2.45) is 0 Å². The number of rotatable bonds is 2. The van der Waals surface area contributed by atoms with E-state index < -0.39 is 6.10 Å². The predicted octanol–water partition coefficient (Wildman–Crippen LogP) is 1.15. The van der Waals surface area contributed by atoms with Gasteiger partial charge in [-0.3, -0.25) is 4.79 Å². The predicted molar refractivity (Wildman–Crippen MR) is 83.5 cm³/mol. The number of fused-ring (bicyclic) bond motifs is 2. The highest BCUT2D eigenvalue weighted by Crippen LogP contribution is 2.27. The SMILES string of the molecule is O=C(N[C@@H]1CO[C@H]2[C@@H]1OC[C@H]2O)c1ccc2cccc(Cl)c2n1. The fourth-order valence-corrected chi connectivity index (χ4v) is 3.31. The maximum atomic E-state index is 12.4. The molecule has 0 radical (unpaired) electrons. The van der Waals surface area contributed by atoms with Gasteiger partial charge in [0.15, 0.2) is 0 Å². The van der Waals surface area contributed by atoms with Gasteiger partial charge in [0.05, 0.1) is 29.8 Å². The van der Waals surface area contributed by atoms with Gasteiger partial charge in [-0.15, -0.1) is 0 Å². The van der Waals surface area contributed by atoms with Crippen molar-refractivity contribution < 1.29 is 19.4 Å². The van der Waals surface area contributed by atoms with E-state index in [1.54, 1.807) is 12.1 Å². The number of aromatic nitrogens is 1. The average Bonchev–Trinajstić information content (AvgIpc) is 3.11. The number of amides is 1. The molecule has 1 amide bonds. The van der Waals surface area contributed by atoms with Crippen molar-refractivity contribution >= 4 is 28.4 Å². The van der Waals surface area contributed by atoms with Crippen LogP contribution in [0, 0.1) is 0 Å². The number of para-hydroxylation sites is 1. The second-order valence-electron chi connectivity index (χ2n) is 5.75. The van der Waals surface area contributed by atoms with Crippen molar-refractivity contribution in [3.8, 4) is 0 Å². The summed E-state index contributed by atoms with van der Waals surface area (Å²) in [6.07, 6.45) is -1.34. The zero-order valence-corrected chi connectivity index (χ0v) is 12.9. The maximum absolute atomic E-state index is 12.4. The number of carbonyl (C=O) groups excluding carboxylic acids is 1. The van der Waals surface area contributed by atoms with E-state index in [1.165, 1.54) is 0 Å². The van der Waals surface area contributed by atoms with Crippen LogP contribution in [0.3, 0.4) is 0 Å². The first-order chi connectivity index (χ1) is 11.1. The number of hydrogen-bond donors (Lipinski definition) is 2. The zero-order chi connectivity index (χ0) is 16.0. The van der Waals surface area contributed by atoms with Crippen molar-refractivity contribution in [3.63, 3.8) is 0 Å². The quantitative estimate of drug-likeness (QED) is 0.861. The van der Waals surface area contributed by atoms with Gasteiger partial charge in [-0.2, -0.15) is 0 Å². The lowest BCUT2D eigenvalue weighted by molar-refractivity contribution is 0.0178. The largest absolute Gasteiger partial charge is 0.388 e. The van der Waals surface area contributed by atoms with E-state index in [1.807, 2.05) is 18.2 Å². The molecule has 4 atom stereocenters. The van der Waals surface area contributed by atoms with Gasteiger partial charge in [-0.1, -0.05) is 29.8 Å². The first kappa shape index (κ1) is 14.8. The number of nitrogens with one attached hydrogen (secondary N) is 1. The Hall–Kier alpha value is -1.73. The summed E-state index contributed by atoms with van der Waals surface area (Å²) in [4.78, 5) is 16.8. The minimum absolute atomic E-state index is 0.228. The second-order valence-corrected chi connectivity index (χ2v) is 6.16. The van der Waals surface area contributed by atoms with Gasteiger partial charge in [0.25, 0.3) is 5.91 Å². The normalized spacial score (nSPS) is 29.7. The summed E-state index contributed by atoms with van der Waals surface area (Å²) in [6, 6.07) is 8.64. The third kappa shape index (κ3) is 2.57. The van der Waals surface area contributed by atoms with Gasteiger partial charge in [0, 0.05) is 5.39 Å². The van der Waals surface area contributed by atoms with Gasteiger partial charge >= 0.3 is 0 Å². The molecule has 2 fully saturated rings. The number of aliphatic hydroxyl groups excluding tert-OH is 1. The van der Waals surface area contributed by atoms with Crippen LogP contribution in [0.2, 0.25) is 5.02 Å². The minimum Gasteiger partial charge on any atom is -0.388 e. The number of aliphatic hydroxyl groups is 1. The minimum atomic E-state index is -0.639. The van der Waals surface area contributed by atoms with Crippen molar-refractivity contribution in [1.29, 1.82) is 0 Å². The molecule has 4 rings (SSSR count). The van der Waals surface area contributed by atoms with E-state index in [-0.39, 0.29) is 36.5 Å². The molecule has 0 saturated carbocycles. The summed E-state index contributed by atoms with van der Waals surface area (Å²) < 4.78 is 11.0. The molecule has 0 spiro atoms. The highest BCUT2D eigenvalue weighted by molar-refractivity contribution is 6.35. The summed E-state index contributed by atoms with van der Waals surface area (Å²) in [7, 11) is 0. The summed E-state index contributed by atoms with van der Waals surface area (Å²) in [5, 5.41) is 14.0. The van der Waals surface area contributed by atoms with Gasteiger partial charge in [-0.05, 0) is 12.1 Å². The zero-order valence-electron chi connectivity index (χ0n) is 12.1.